The van der Waals surface area contributed by atoms with Crippen LogP contribution in [0.25, 0.3) is 0 Å². The molecule has 0 fully saturated rings. The normalized spacial score (nSPS) is 16.2. The molecule has 0 saturated carbocycles. The summed E-state index contributed by atoms with van der Waals surface area (Å²) < 4.78 is 319. The maximum absolute atomic E-state index is 14.7. The summed E-state index contributed by atoms with van der Waals surface area (Å²) in [6, 6.07) is -5.06. The van der Waals surface area contributed by atoms with Gasteiger partial charge in [0.1, 0.15) is 5.56 Å². The van der Waals surface area contributed by atoms with Crippen molar-refractivity contribution >= 4 is 7.60 Å². The standard InChI is InChI=1S/C16H2F23O4P.2Na/c17-2-1(3(18)5(20)6(21)4(2)19)10(26,44(40,41)42)43-8(23)7(22)9(24,25)11(27,28)12(29,30)13(31,32)14(33,34)15(35,36)16(37,38)39;;/h(H2,40,41,42);;/q;2*+1/p-2. The largest absolute Gasteiger partial charge is 1.00 e. The minimum atomic E-state index is -9.11. The molecule has 0 radical (unpaired) electrons. The van der Waals surface area contributed by atoms with Crippen molar-refractivity contribution in [2.75, 3.05) is 0 Å². The average Bonchev–Trinajstić information content (AvgIpc) is 2.83. The maximum Gasteiger partial charge on any atom is 1.00 e. The summed E-state index contributed by atoms with van der Waals surface area (Å²) in [5.41, 5.74) is -10.7. The van der Waals surface area contributed by atoms with Crippen molar-refractivity contribution in [3.8, 4) is 0 Å². The second-order valence-corrected chi connectivity index (χ2v) is 9.21. The topological polar surface area (TPSA) is 72.4 Å². The molecule has 0 spiro atoms. The third kappa shape index (κ3) is 6.73. The number of alkyl halides is 16. The summed E-state index contributed by atoms with van der Waals surface area (Å²) in [6.45, 7) is 0. The summed E-state index contributed by atoms with van der Waals surface area (Å²) in [5.74, 6) is -76.7. The molecule has 46 heavy (non-hydrogen) atoms. The monoisotopic (exact) mass is 770 g/mol. The van der Waals surface area contributed by atoms with Gasteiger partial charge in [0.05, 0.1) is 0 Å². The van der Waals surface area contributed by atoms with Crippen molar-refractivity contribution in [2.45, 2.75) is 47.3 Å². The molecule has 1 rings (SSSR count). The predicted molar refractivity (Wildman–Crippen MR) is 82.7 cm³/mol. The van der Waals surface area contributed by atoms with Crippen LogP contribution in [-0.2, 0) is 14.9 Å². The Morgan fingerprint density at radius 1 is 0.522 bits per heavy atom. The van der Waals surface area contributed by atoms with Gasteiger partial charge in [-0.3, -0.25) is 0 Å². The quantitative estimate of drug-likeness (QED) is 0.0887. The van der Waals surface area contributed by atoms with Gasteiger partial charge in [-0.1, -0.05) is 0 Å². The zero-order valence-corrected chi connectivity index (χ0v) is 25.7. The van der Waals surface area contributed by atoms with Gasteiger partial charge in [-0.25, -0.2) is 22.0 Å². The van der Waals surface area contributed by atoms with Crippen LogP contribution in [0, 0.1) is 29.1 Å². The number of rotatable bonds is 10. The molecule has 0 amide bonds. The summed E-state index contributed by atoms with van der Waals surface area (Å²) in [7, 11) is -8.28. The fourth-order valence-electron chi connectivity index (χ4n) is 2.51. The molecule has 0 heterocycles. The number of ether oxygens (including phenoxy) is 1. The van der Waals surface area contributed by atoms with Gasteiger partial charge < -0.3 is 19.1 Å². The Bertz CT molecular complexity index is 1360. The Hall–Kier alpha value is -0.700. The van der Waals surface area contributed by atoms with Crippen LogP contribution >= 0.6 is 7.60 Å². The van der Waals surface area contributed by atoms with E-state index >= 15 is 0 Å². The fourth-order valence-corrected chi connectivity index (χ4v) is 3.17. The van der Waals surface area contributed by atoms with Crippen LogP contribution in [0.4, 0.5) is 101 Å². The van der Waals surface area contributed by atoms with Crippen molar-refractivity contribution in [1.82, 2.24) is 0 Å². The molecule has 256 valence electrons. The maximum atomic E-state index is 14.7. The van der Waals surface area contributed by atoms with Gasteiger partial charge in [-0.15, -0.1) is 0 Å². The Kier molecular flexibility index (Phi) is 14.0. The number of halogens is 23. The first kappa shape index (κ1) is 47.4. The van der Waals surface area contributed by atoms with E-state index in [4.69, 9.17) is 0 Å². The van der Waals surface area contributed by atoms with E-state index in [1.165, 1.54) is 0 Å². The average molecular weight is 770 g/mol. The number of allylic oxidation sites excluding steroid dienone is 1. The molecule has 1 atom stereocenters. The van der Waals surface area contributed by atoms with Crippen molar-refractivity contribution in [1.29, 1.82) is 0 Å². The van der Waals surface area contributed by atoms with Crippen LogP contribution in [0.5, 0.6) is 0 Å². The molecular weight excluding hydrogens is 770 g/mol. The fraction of sp³-hybridized carbons (Fsp3) is 0.500. The Morgan fingerprint density at radius 2 is 0.804 bits per heavy atom. The Balaban J connectivity index is 0. The summed E-state index contributed by atoms with van der Waals surface area (Å²) >= 11 is 0. The smallest absolute Gasteiger partial charge is 0.806 e. The Morgan fingerprint density at radius 3 is 1.11 bits per heavy atom. The first-order chi connectivity index (χ1) is 19.0. The van der Waals surface area contributed by atoms with Crippen molar-refractivity contribution in [2.24, 2.45) is 0 Å². The van der Waals surface area contributed by atoms with Gasteiger partial charge >= 0.3 is 112 Å². The molecule has 1 unspecified atom stereocenters. The van der Waals surface area contributed by atoms with E-state index in [1.807, 2.05) is 0 Å². The van der Waals surface area contributed by atoms with Crippen LogP contribution in [0.2, 0.25) is 0 Å². The minimum Gasteiger partial charge on any atom is -0.806 e. The SMILES string of the molecule is O=P([O-])([O-])C(F)(OC(F)=C(F)C(F)(F)C(F)(F)C(F)(F)C(F)(F)C(F)(F)C(F)(F)C(F)(F)F)c1c(F)c(F)c(F)c(F)c1F.[Na+].[Na+]. The zero-order valence-electron chi connectivity index (χ0n) is 20.8. The molecule has 0 N–H and O–H groups in total. The molecule has 1 aromatic rings. The first-order valence-corrected chi connectivity index (χ1v) is 10.8. The first-order valence-electron chi connectivity index (χ1n) is 9.28. The number of hydrogen-bond acceptors (Lipinski definition) is 4. The van der Waals surface area contributed by atoms with Crippen molar-refractivity contribution in [3.63, 3.8) is 0 Å². The molecule has 30 heteroatoms. The summed E-state index contributed by atoms with van der Waals surface area (Å²) in [5, 5.41) is 0. The minimum absolute atomic E-state index is 0. The zero-order chi connectivity index (χ0) is 35.8. The van der Waals surface area contributed by atoms with E-state index in [-0.39, 0.29) is 59.1 Å². The second-order valence-electron chi connectivity index (χ2n) is 7.64. The van der Waals surface area contributed by atoms with Gasteiger partial charge in [0.2, 0.25) is 11.6 Å². The van der Waals surface area contributed by atoms with E-state index in [1.54, 1.807) is 0 Å². The van der Waals surface area contributed by atoms with E-state index in [0.29, 0.717) is 0 Å². The van der Waals surface area contributed by atoms with Gasteiger partial charge in [0.25, 0.3) is 0 Å². The van der Waals surface area contributed by atoms with Crippen LogP contribution in [0.15, 0.2) is 11.8 Å². The summed E-state index contributed by atoms with van der Waals surface area (Å²) in [4.78, 5) is 22.1. The molecule has 0 bridgehead atoms. The molecule has 0 aliphatic carbocycles. The van der Waals surface area contributed by atoms with Crippen LogP contribution in [0.1, 0.15) is 5.56 Å². The number of benzene rings is 1. The summed E-state index contributed by atoms with van der Waals surface area (Å²) in [6.07, 6.45) is -8.06. The third-order valence-corrected chi connectivity index (χ3v) is 5.89. The van der Waals surface area contributed by atoms with Crippen LogP contribution in [-0.4, -0.2) is 41.7 Å². The van der Waals surface area contributed by atoms with Crippen molar-refractivity contribution < 1.29 is 179 Å². The molecule has 1 aromatic carbocycles. The predicted octanol–water partition coefficient (Wildman–Crippen LogP) is 0.882. The van der Waals surface area contributed by atoms with Gasteiger partial charge in [0, 0.05) is 7.60 Å². The van der Waals surface area contributed by atoms with Gasteiger partial charge in [0.15, 0.2) is 23.3 Å². The van der Waals surface area contributed by atoms with E-state index < -0.39 is 101 Å². The van der Waals surface area contributed by atoms with E-state index in [9.17, 15) is 115 Å². The van der Waals surface area contributed by atoms with Crippen LogP contribution in [0.3, 0.4) is 0 Å². The molecule has 4 nitrogen and oxygen atoms in total. The number of hydrogen-bond donors (Lipinski definition) is 0. The molecule has 0 aliphatic heterocycles. The molecule has 0 saturated heterocycles. The van der Waals surface area contributed by atoms with Crippen molar-refractivity contribution in [3.05, 3.63) is 46.5 Å². The molecule has 0 aromatic heterocycles. The second kappa shape index (κ2) is 13.5. The third-order valence-electron chi connectivity index (χ3n) is 4.87. The van der Waals surface area contributed by atoms with Gasteiger partial charge in [-0.05, 0) is 0 Å². The van der Waals surface area contributed by atoms with E-state index in [2.05, 4.69) is 4.74 Å². The molecule has 0 aliphatic rings. The molecular formula is C16F23Na2O4P. The van der Waals surface area contributed by atoms with Gasteiger partial charge in [-0.2, -0.15) is 79.0 Å². The van der Waals surface area contributed by atoms with Crippen LogP contribution < -0.4 is 68.9 Å². The Labute approximate surface area is 279 Å². The van der Waals surface area contributed by atoms with E-state index in [0.717, 1.165) is 0 Å².